The largest absolute Gasteiger partial charge is 0.457 e. The Morgan fingerprint density at radius 3 is 2.72 bits per heavy atom. The van der Waals surface area contributed by atoms with Crippen LogP contribution >= 0.6 is 12.4 Å². The third-order valence-corrected chi connectivity index (χ3v) is 5.05. The van der Waals surface area contributed by atoms with E-state index >= 15 is 0 Å². The van der Waals surface area contributed by atoms with Crippen molar-refractivity contribution in [2.24, 2.45) is 13.0 Å². The summed E-state index contributed by atoms with van der Waals surface area (Å²) in [5, 5.41) is 10.6. The summed E-state index contributed by atoms with van der Waals surface area (Å²) in [6, 6.07) is 17.5. The molecule has 1 fully saturated rings. The average molecular weight is 413 g/mol. The first-order valence-electron chi connectivity index (χ1n) is 9.48. The number of rotatable bonds is 6. The summed E-state index contributed by atoms with van der Waals surface area (Å²) in [7, 11) is 1.89. The minimum Gasteiger partial charge on any atom is -0.457 e. The van der Waals surface area contributed by atoms with Crippen LogP contribution in [0, 0.1) is 5.92 Å². The zero-order valence-corrected chi connectivity index (χ0v) is 17.1. The highest BCUT2D eigenvalue weighted by Gasteiger charge is 2.34. The van der Waals surface area contributed by atoms with E-state index in [9.17, 15) is 4.79 Å². The molecule has 152 valence electrons. The number of hydrogen-bond donors (Lipinski definition) is 2. The van der Waals surface area contributed by atoms with Gasteiger partial charge in [-0.2, -0.15) is 5.10 Å². The van der Waals surface area contributed by atoms with E-state index in [4.69, 9.17) is 4.74 Å². The topological polar surface area (TPSA) is 68.2 Å². The quantitative estimate of drug-likeness (QED) is 0.652. The van der Waals surface area contributed by atoms with Crippen molar-refractivity contribution in [3.8, 4) is 11.5 Å². The van der Waals surface area contributed by atoms with Crippen molar-refractivity contribution in [2.45, 2.75) is 12.5 Å². The Morgan fingerprint density at radius 2 is 1.97 bits per heavy atom. The van der Waals surface area contributed by atoms with E-state index in [1.807, 2.05) is 74.0 Å². The molecule has 2 aromatic carbocycles. The number of aryl methyl sites for hydroxylation is 1. The fourth-order valence-electron chi connectivity index (χ4n) is 3.60. The molecule has 0 bridgehead atoms. The molecule has 7 heteroatoms. The van der Waals surface area contributed by atoms with Crippen molar-refractivity contribution in [3.05, 3.63) is 78.1 Å². The first-order valence-corrected chi connectivity index (χ1v) is 9.48. The van der Waals surface area contributed by atoms with E-state index in [0.29, 0.717) is 13.1 Å². The Morgan fingerprint density at radius 1 is 1.17 bits per heavy atom. The van der Waals surface area contributed by atoms with Crippen LogP contribution in [0.5, 0.6) is 11.5 Å². The van der Waals surface area contributed by atoms with Gasteiger partial charge in [0.05, 0.1) is 12.1 Å². The Balaban J connectivity index is 0.00000240. The first kappa shape index (κ1) is 20.9. The Kier molecular flexibility index (Phi) is 6.90. The second-order valence-corrected chi connectivity index (χ2v) is 7.10. The summed E-state index contributed by atoms with van der Waals surface area (Å²) >= 11 is 0. The summed E-state index contributed by atoms with van der Waals surface area (Å²) in [6.07, 6.45) is 3.84. The van der Waals surface area contributed by atoms with Gasteiger partial charge in [0.2, 0.25) is 5.91 Å². The van der Waals surface area contributed by atoms with Crippen molar-refractivity contribution >= 4 is 18.3 Å². The predicted molar refractivity (Wildman–Crippen MR) is 114 cm³/mol. The van der Waals surface area contributed by atoms with Gasteiger partial charge < -0.3 is 15.4 Å². The summed E-state index contributed by atoms with van der Waals surface area (Å²) in [5.41, 5.74) is 2.11. The number of para-hydroxylation sites is 1. The third-order valence-electron chi connectivity index (χ3n) is 5.05. The van der Waals surface area contributed by atoms with Crippen molar-refractivity contribution in [3.63, 3.8) is 0 Å². The van der Waals surface area contributed by atoms with Gasteiger partial charge in [-0.1, -0.05) is 30.3 Å². The predicted octanol–water partition coefficient (Wildman–Crippen LogP) is 3.25. The fourth-order valence-corrected chi connectivity index (χ4v) is 3.60. The van der Waals surface area contributed by atoms with Crippen LogP contribution in [0.25, 0.3) is 0 Å². The van der Waals surface area contributed by atoms with Crippen molar-refractivity contribution in [1.82, 2.24) is 20.4 Å². The molecule has 1 aliphatic rings. The molecule has 1 aliphatic heterocycles. The standard InChI is InChI=1S/C22H24N4O2.ClH/c1-26-15-17(12-25-26)20-13-23-14-21(20)22(27)24-11-16-6-5-9-19(10-16)28-18-7-3-2-4-8-18;/h2-10,12,15,20-21,23H,11,13-14H2,1H3,(H,24,27);1H/t20-,21+;/m1./s1. The van der Waals surface area contributed by atoms with Crippen LogP contribution in [0.15, 0.2) is 67.0 Å². The molecule has 0 saturated carbocycles. The van der Waals surface area contributed by atoms with Gasteiger partial charge in [-0.05, 0) is 35.4 Å². The van der Waals surface area contributed by atoms with Gasteiger partial charge in [-0.25, -0.2) is 0 Å². The number of hydrogen-bond acceptors (Lipinski definition) is 4. The Hall–Kier alpha value is -2.83. The molecule has 6 nitrogen and oxygen atoms in total. The summed E-state index contributed by atoms with van der Waals surface area (Å²) in [4.78, 5) is 12.8. The van der Waals surface area contributed by atoms with Crippen LogP contribution in [0.2, 0.25) is 0 Å². The van der Waals surface area contributed by atoms with Gasteiger partial charge in [0.15, 0.2) is 0 Å². The number of carbonyl (C=O) groups excluding carboxylic acids is 1. The van der Waals surface area contributed by atoms with Crippen LogP contribution in [-0.2, 0) is 18.4 Å². The molecule has 29 heavy (non-hydrogen) atoms. The number of nitrogens with one attached hydrogen (secondary N) is 2. The Labute approximate surface area is 176 Å². The van der Waals surface area contributed by atoms with Gasteiger partial charge in [0.1, 0.15) is 11.5 Å². The van der Waals surface area contributed by atoms with Gasteiger partial charge in [0.25, 0.3) is 0 Å². The van der Waals surface area contributed by atoms with E-state index in [0.717, 1.165) is 29.2 Å². The van der Waals surface area contributed by atoms with Crippen LogP contribution in [0.4, 0.5) is 0 Å². The maximum absolute atomic E-state index is 12.8. The lowest BCUT2D eigenvalue weighted by Gasteiger charge is -2.17. The lowest BCUT2D eigenvalue weighted by Crippen LogP contribution is -2.33. The van der Waals surface area contributed by atoms with Crippen LogP contribution in [-0.4, -0.2) is 28.8 Å². The molecule has 1 saturated heterocycles. The molecule has 2 heterocycles. The molecule has 1 amide bonds. The molecule has 3 aromatic rings. The lowest BCUT2D eigenvalue weighted by atomic mass is 9.90. The highest BCUT2D eigenvalue weighted by molar-refractivity contribution is 5.85. The maximum Gasteiger partial charge on any atom is 0.225 e. The highest BCUT2D eigenvalue weighted by Crippen LogP contribution is 2.28. The van der Waals surface area contributed by atoms with Gasteiger partial charge in [0, 0.05) is 38.8 Å². The molecule has 0 unspecified atom stereocenters. The molecule has 2 N–H and O–H groups in total. The number of benzene rings is 2. The van der Waals surface area contributed by atoms with E-state index in [1.54, 1.807) is 4.68 Å². The summed E-state index contributed by atoms with van der Waals surface area (Å²) in [6.45, 7) is 1.95. The number of nitrogens with zero attached hydrogens (tertiary/aromatic N) is 2. The lowest BCUT2D eigenvalue weighted by molar-refractivity contribution is -0.125. The summed E-state index contributed by atoms with van der Waals surface area (Å²) < 4.78 is 7.65. The molecule has 2 atom stereocenters. The van der Waals surface area contributed by atoms with Crippen LogP contribution in [0.1, 0.15) is 17.0 Å². The molecular formula is C22H25ClN4O2. The second-order valence-electron chi connectivity index (χ2n) is 7.10. The average Bonchev–Trinajstić information content (AvgIpc) is 3.36. The monoisotopic (exact) mass is 412 g/mol. The van der Waals surface area contributed by atoms with Crippen LogP contribution in [0.3, 0.4) is 0 Å². The molecule has 4 rings (SSSR count). The highest BCUT2D eigenvalue weighted by atomic mass is 35.5. The SMILES string of the molecule is Cl.Cn1cc([C@H]2CNC[C@@H]2C(=O)NCc2cccc(Oc3ccccc3)c2)cn1. The van der Waals surface area contributed by atoms with Gasteiger partial charge in [-0.3, -0.25) is 9.48 Å². The molecule has 0 radical (unpaired) electrons. The minimum atomic E-state index is -0.0899. The van der Waals surface area contributed by atoms with E-state index < -0.39 is 0 Å². The normalized spacial score (nSPS) is 18.1. The van der Waals surface area contributed by atoms with Crippen molar-refractivity contribution in [1.29, 1.82) is 0 Å². The molecule has 1 aromatic heterocycles. The molecule has 0 aliphatic carbocycles. The number of halogens is 1. The summed E-state index contributed by atoms with van der Waals surface area (Å²) in [5.74, 6) is 1.68. The number of amides is 1. The fraction of sp³-hybridized carbons (Fsp3) is 0.273. The number of aromatic nitrogens is 2. The van der Waals surface area contributed by atoms with E-state index in [1.165, 1.54) is 0 Å². The smallest absolute Gasteiger partial charge is 0.225 e. The van der Waals surface area contributed by atoms with Gasteiger partial charge in [-0.15, -0.1) is 12.4 Å². The van der Waals surface area contributed by atoms with Gasteiger partial charge >= 0.3 is 0 Å². The third kappa shape index (κ3) is 5.16. The zero-order chi connectivity index (χ0) is 19.3. The van der Waals surface area contributed by atoms with E-state index in [-0.39, 0.29) is 30.2 Å². The Bertz CT molecular complexity index is 945. The van der Waals surface area contributed by atoms with E-state index in [2.05, 4.69) is 15.7 Å². The molecule has 0 spiro atoms. The maximum atomic E-state index is 12.8. The first-order chi connectivity index (χ1) is 13.7. The zero-order valence-electron chi connectivity index (χ0n) is 16.2. The molecular weight excluding hydrogens is 388 g/mol. The van der Waals surface area contributed by atoms with Crippen molar-refractivity contribution < 1.29 is 9.53 Å². The second kappa shape index (κ2) is 9.58. The number of carbonyl (C=O) groups is 1. The van der Waals surface area contributed by atoms with Crippen molar-refractivity contribution in [2.75, 3.05) is 13.1 Å². The number of ether oxygens (including phenoxy) is 1. The minimum absolute atomic E-state index is 0. The van der Waals surface area contributed by atoms with Crippen LogP contribution < -0.4 is 15.4 Å².